The fourth-order valence-corrected chi connectivity index (χ4v) is 3.90. The Labute approximate surface area is 179 Å². The topological polar surface area (TPSA) is 127 Å². The molecule has 3 N–H and O–H groups in total. The highest BCUT2D eigenvalue weighted by atomic mass is 32.2. The largest absolute Gasteiger partial charge is 0.495 e. The number of carbonyl (C=O) groups excluding carboxylic acids is 2. The van der Waals surface area contributed by atoms with Crippen molar-refractivity contribution >= 4 is 33.2 Å². The van der Waals surface area contributed by atoms with Crippen LogP contribution in [0.15, 0.2) is 70.2 Å². The molecule has 0 aliphatic rings. The van der Waals surface area contributed by atoms with Gasteiger partial charge in [0, 0.05) is 6.92 Å². The molecule has 0 radical (unpaired) electrons. The Morgan fingerprint density at radius 2 is 1.81 bits per heavy atom. The van der Waals surface area contributed by atoms with E-state index in [0.29, 0.717) is 11.5 Å². The van der Waals surface area contributed by atoms with Gasteiger partial charge >= 0.3 is 0 Å². The number of para-hydroxylation sites is 1. The minimum Gasteiger partial charge on any atom is -0.495 e. The summed E-state index contributed by atoms with van der Waals surface area (Å²) in [6, 6.07) is 13.7. The Bertz CT molecular complexity index is 1190. The summed E-state index contributed by atoms with van der Waals surface area (Å²) >= 11 is 0. The Hall–Kier alpha value is -3.79. The van der Waals surface area contributed by atoms with E-state index in [4.69, 9.17) is 9.15 Å². The number of hydrogen-bond acceptors (Lipinski definition) is 6. The molecule has 3 rings (SSSR count). The van der Waals surface area contributed by atoms with Crippen molar-refractivity contribution in [3.05, 3.63) is 72.2 Å². The van der Waals surface area contributed by atoms with Gasteiger partial charge in [0.05, 0.1) is 41.8 Å². The number of methoxy groups -OCH3 is 1. The summed E-state index contributed by atoms with van der Waals surface area (Å²) in [6.07, 6.45) is 1.49. The Balaban J connectivity index is 1.85. The summed E-state index contributed by atoms with van der Waals surface area (Å²) in [7, 11) is -2.66. The number of ether oxygens (including phenoxy) is 1. The monoisotopic (exact) mass is 443 g/mol. The van der Waals surface area contributed by atoms with Gasteiger partial charge in [-0.25, -0.2) is 8.42 Å². The lowest BCUT2D eigenvalue weighted by atomic mass is 10.1. The van der Waals surface area contributed by atoms with Gasteiger partial charge in [0.2, 0.25) is 5.91 Å². The van der Waals surface area contributed by atoms with E-state index in [0.717, 1.165) is 0 Å². The molecule has 10 heteroatoms. The molecule has 162 valence electrons. The number of benzene rings is 2. The van der Waals surface area contributed by atoms with Crippen molar-refractivity contribution in [1.82, 2.24) is 5.32 Å². The molecule has 1 aromatic heterocycles. The third-order valence-electron chi connectivity index (χ3n) is 4.21. The number of furan rings is 1. The number of amides is 2. The van der Waals surface area contributed by atoms with Crippen LogP contribution in [-0.4, -0.2) is 27.3 Å². The lowest BCUT2D eigenvalue weighted by Crippen LogP contribution is -2.24. The van der Waals surface area contributed by atoms with E-state index in [9.17, 15) is 18.0 Å². The quantitative estimate of drug-likeness (QED) is 0.491. The van der Waals surface area contributed by atoms with Gasteiger partial charge < -0.3 is 19.8 Å². The lowest BCUT2D eigenvalue weighted by Gasteiger charge is -2.14. The van der Waals surface area contributed by atoms with Crippen LogP contribution in [0.2, 0.25) is 0 Å². The summed E-state index contributed by atoms with van der Waals surface area (Å²) in [4.78, 5) is 23.9. The van der Waals surface area contributed by atoms with Crippen molar-refractivity contribution in [2.24, 2.45) is 0 Å². The van der Waals surface area contributed by atoms with Gasteiger partial charge in [-0.2, -0.15) is 0 Å². The molecule has 0 spiro atoms. The Morgan fingerprint density at radius 3 is 2.48 bits per heavy atom. The van der Waals surface area contributed by atoms with Gasteiger partial charge in [0.15, 0.2) is 0 Å². The number of nitrogens with one attached hydrogen (secondary N) is 3. The van der Waals surface area contributed by atoms with Gasteiger partial charge in [0.1, 0.15) is 11.5 Å². The molecule has 3 aromatic rings. The van der Waals surface area contributed by atoms with Gasteiger partial charge in [-0.15, -0.1) is 0 Å². The van der Waals surface area contributed by atoms with Crippen LogP contribution < -0.4 is 20.1 Å². The Kier molecular flexibility index (Phi) is 6.61. The molecular formula is C21H21N3O6S. The molecule has 0 saturated heterocycles. The van der Waals surface area contributed by atoms with Gasteiger partial charge in [0.25, 0.3) is 15.9 Å². The smallest absolute Gasteiger partial charge is 0.261 e. The van der Waals surface area contributed by atoms with E-state index in [1.165, 1.54) is 50.6 Å². The fourth-order valence-electron chi connectivity index (χ4n) is 2.79. The molecule has 0 fully saturated rings. The average Bonchev–Trinajstić information content (AvgIpc) is 3.25. The van der Waals surface area contributed by atoms with Gasteiger partial charge in [-0.3, -0.25) is 14.3 Å². The normalized spacial score (nSPS) is 10.9. The maximum absolute atomic E-state index is 12.9. The van der Waals surface area contributed by atoms with Crippen LogP contribution in [0.5, 0.6) is 5.75 Å². The zero-order valence-electron chi connectivity index (χ0n) is 16.8. The molecule has 2 amide bonds. The fraction of sp³-hybridized carbons (Fsp3) is 0.143. The van der Waals surface area contributed by atoms with E-state index in [1.54, 1.807) is 24.3 Å². The van der Waals surface area contributed by atoms with Crippen LogP contribution in [0, 0.1) is 0 Å². The van der Waals surface area contributed by atoms with E-state index in [2.05, 4.69) is 15.4 Å². The van der Waals surface area contributed by atoms with Crippen LogP contribution in [0.25, 0.3) is 0 Å². The minimum atomic E-state index is -4.07. The number of anilines is 2. The second-order valence-corrected chi connectivity index (χ2v) is 8.14. The van der Waals surface area contributed by atoms with E-state index in [1.807, 2.05) is 0 Å². The second-order valence-electron chi connectivity index (χ2n) is 6.46. The standard InChI is InChI=1S/C21H21N3O6S/c1-14(25)23-19-12-16(9-10-20(19)29-2)31(27,28)24-18-8-4-3-7-17(18)21(26)22-13-15-6-5-11-30-15/h3-12,24H,13H2,1-2H3,(H,22,26)(H,23,25). The second kappa shape index (κ2) is 9.35. The minimum absolute atomic E-state index is 0.108. The first-order valence-corrected chi connectivity index (χ1v) is 10.7. The van der Waals surface area contributed by atoms with E-state index in [-0.39, 0.29) is 34.3 Å². The molecule has 0 atom stereocenters. The summed E-state index contributed by atoms with van der Waals surface area (Å²) in [5.74, 6) is 0.0322. The third-order valence-corrected chi connectivity index (χ3v) is 5.57. The first-order chi connectivity index (χ1) is 14.8. The van der Waals surface area contributed by atoms with Crippen molar-refractivity contribution in [2.75, 3.05) is 17.1 Å². The zero-order chi connectivity index (χ0) is 22.4. The van der Waals surface area contributed by atoms with Gasteiger partial charge in [-0.1, -0.05) is 12.1 Å². The molecule has 0 unspecified atom stereocenters. The maximum atomic E-state index is 12.9. The number of carbonyl (C=O) groups is 2. The molecule has 0 aliphatic carbocycles. The highest BCUT2D eigenvalue weighted by Crippen LogP contribution is 2.29. The highest BCUT2D eigenvalue weighted by Gasteiger charge is 2.20. The molecule has 1 heterocycles. The number of hydrogen-bond donors (Lipinski definition) is 3. The van der Waals surface area contributed by atoms with Crippen molar-refractivity contribution in [3.63, 3.8) is 0 Å². The Morgan fingerprint density at radius 1 is 1.03 bits per heavy atom. The van der Waals surface area contributed by atoms with E-state index >= 15 is 0 Å². The van der Waals surface area contributed by atoms with E-state index < -0.39 is 15.9 Å². The van der Waals surface area contributed by atoms with Crippen molar-refractivity contribution < 1.29 is 27.2 Å². The maximum Gasteiger partial charge on any atom is 0.261 e. The third kappa shape index (κ3) is 5.43. The summed E-state index contributed by atoms with van der Waals surface area (Å²) < 4.78 is 38.7. The molecule has 0 aliphatic heterocycles. The van der Waals surface area contributed by atoms with Crippen LogP contribution in [0.4, 0.5) is 11.4 Å². The van der Waals surface area contributed by atoms with Crippen LogP contribution in [-0.2, 0) is 21.4 Å². The highest BCUT2D eigenvalue weighted by molar-refractivity contribution is 7.92. The summed E-state index contributed by atoms with van der Waals surface area (Å²) in [6.45, 7) is 1.46. The molecular weight excluding hydrogens is 422 g/mol. The average molecular weight is 443 g/mol. The predicted molar refractivity (Wildman–Crippen MR) is 114 cm³/mol. The molecule has 2 aromatic carbocycles. The number of rotatable bonds is 8. The molecule has 9 nitrogen and oxygen atoms in total. The van der Waals surface area contributed by atoms with Crippen LogP contribution >= 0.6 is 0 Å². The molecule has 0 saturated carbocycles. The molecule has 31 heavy (non-hydrogen) atoms. The van der Waals surface area contributed by atoms with Crippen molar-refractivity contribution in [3.8, 4) is 5.75 Å². The van der Waals surface area contributed by atoms with Crippen molar-refractivity contribution in [2.45, 2.75) is 18.4 Å². The predicted octanol–water partition coefficient (Wildman–Crippen LogP) is 2.98. The zero-order valence-corrected chi connectivity index (χ0v) is 17.7. The first-order valence-electron chi connectivity index (χ1n) is 9.18. The van der Waals surface area contributed by atoms with Gasteiger partial charge in [-0.05, 0) is 42.5 Å². The lowest BCUT2D eigenvalue weighted by molar-refractivity contribution is -0.114. The number of sulfonamides is 1. The SMILES string of the molecule is COc1ccc(S(=O)(=O)Nc2ccccc2C(=O)NCc2ccco2)cc1NC(C)=O. The summed E-state index contributed by atoms with van der Waals surface area (Å²) in [5.41, 5.74) is 0.465. The van der Waals surface area contributed by atoms with Crippen LogP contribution in [0.1, 0.15) is 23.0 Å². The first kappa shape index (κ1) is 21.9. The summed E-state index contributed by atoms with van der Waals surface area (Å²) in [5, 5.41) is 5.21. The van der Waals surface area contributed by atoms with Crippen LogP contribution in [0.3, 0.4) is 0 Å². The molecule has 0 bridgehead atoms. The van der Waals surface area contributed by atoms with Crippen molar-refractivity contribution in [1.29, 1.82) is 0 Å².